The Morgan fingerprint density at radius 2 is 1.64 bits per heavy atom. The summed E-state index contributed by atoms with van der Waals surface area (Å²) in [5.41, 5.74) is 5.60. The number of nitro groups is 1. The maximum absolute atomic E-state index is 11.7. The number of para-hydroxylation sites is 2. The smallest absolute Gasteiger partial charge is 0.274 e. The van der Waals surface area contributed by atoms with E-state index in [0.717, 1.165) is 28.8 Å². The van der Waals surface area contributed by atoms with E-state index in [1.54, 1.807) is 12.1 Å². The molecule has 0 saturated carbocycles. The Bertz CT molecular complexity index is 1070. The molecule has 138 valence electrons. The fourth-order valence-electron chi connectivity index (χ4n) is 4.70. The summed E-state index contributed by atoms with van der Waals surface area (Å²) < 4.78 is 0. The van der Waals surface area contributed by atoms with Gasteiger partial charge < -0.3 is 5.32 Å². The van der Waals surface area contributed by atoms with Gasteiger partial charge >= 0.3 is 0 Å². The van der Waals surface area contributed by atoms with E-state index in [2.05, 4.69) is 47.8 Å². The average Bonchev–Trinajstić information content (AvgIpc) is 3.23. The summed E-state index contributed by atoms with van der Waals surface area (Å²) >= 11 is 0. The van der Waals surface area contributed by atoms with Gasteiger partial charge in [0, 0.05) is 23.2 Å². The van der Waals surface area contributed by atoms with Crippen LogP contribution in [0.25, 0.3) is 11.1 Å². The molecule has 0 bridgehead atoms. The minimum atomic E-state index is -0.271. The van der Waals surface area contributed by atoms with Crippen LogP contribution in [0.4, 0.5) is 11.4 Å². The van der Waals surface area contributed by atoms with Gasteiger partial charge in [-0.2, -0.15) is 0 Å². The Kier molecular flexibility index (Phi) is 3.97. The molecule has 1 heterocycles. The van der Waals surface area contributed by atoms with Crippen molar-refractivity contribution in [3.05, 3.63) is 106 Å². The van der Waals surface area contributed by atoms with E-state index in [1.807, 2.05) is 30.3 Å². The fraction of sp³-hybridized carbons (Fsp3) is 0.167. The number of hydrogen-bond donors (Lipinski definition) is 1. The van der Waals surface area contributed by atoms with Crippen LogP contribution in [-0.4, -0.2) is 4.92 Å². The number of fused-ring (bicyclic) bond motifs is 3. The normalized spacial score (nSPS) is 22.2. The molecule has 3 aromatic carbocycles. The van der Waals surface area contributed by atoms with E-state index in [1.165, 1.54) is 5.56 Å². The van der Waals surface area contributed by atoms with Crippen LogP contribution in [0, 0.1) is 16.0 Å². The van der Waals surface area contributed by atoms with Gasteiger partial charge in [-0.3, -0.25) is 10.1 Å². The highest BCUT2D eigenvalue weighted by Gasteiger charge is 2.40. The quantitative estimate of drug-likeness (QED) is 0.346. The van der Waals surface area contributed by atoms with E-state index in [9.17, 15) is 10.1 Å². The number of hydrogen-bond acceptors (Lipinski definition) is 3. The lowest BCUT2D eigenvalue weighted by molar-refractivity contribution is -0.385. The number of nitro benzene ring substituents is 1. The first-order valence-corrected chi connectivity index (χ1v) is 9.59. The molecule has 0 unspecified atom stereocenters. The van der Waals surface area contributed by atoms with Gasteiger partial charge in [-0.1, -0.05) is 78.9 Å². The van der Waals surface area contributed by atoms with E-state index in [0.29, 0.717) is 0 Å². The molecule has 1 aliphatic carbocycles. The Balaban J connectivity index is 1.68. The molecule has 28 heavy (non-hydrogen) atoms. The van der Waals surface area contributed by atoms with Crippen LogP contribution in [0.1, 0.15) is 29.5 Å². The highest BCUT2D eigenvalue weighted by atomic mass is 16.6. The Labute approximate surface area is 163 Å². The monoisotopic (exact) mass is 368 g/mol. The second-order valence-corrected chi connectivity index (χ2v) is 7.43. The molecule has 0 fully saturated rings. The number of nitrogens with one attached hydrogen (secondary N) is 1. The molecule has 4 nitrogen and oxygen atoms in total. The van der Waals surface area contributed by atoms with Crippen molar-refractivity contribution < 1.29 is 4.92 Å². The summed E-state index contributed by atoms with van der Waals surface area (Å²) in [7, 11) is 0. The van der Waals surface area contributed by atoms with Crippen molar-refractivity contribution >= 4 is 11.4 Å². The predicted molar refractivity (Wildman–Crippen MR) is 111 cm³/mol. The van der Waals surface area contributed by atoms with Crippen molar-refractivity contribution in [1.29, 1.82) is 0 Å². The van der Waals surface area contributed by atoms with E-state index < -0.39 is 0 Å². The first-order chi connectivity index (χ1) is 13.7. The van der Waals surface area contributed by atoms with Gasteiger partial charge in [0.15, 0.2) is 0 Å². The van der Waals surface area contributed by atoms with E-state index in [-0.39, 0.29) is 28.5 Å². The van der Waals surface area contributed by atoms with Gasteiger partial charge in [-0.05, 0) is 23.5 Å². The summed E-state index contributed by atoms with van der Waals surface area (Å²) in [6.45, 7) is 0. The second-order valence-electron chi connectivity index (χ2n) is 7.43. The van der Waals surface area contributed by atoms with Crippen LogP contribution >= 0.6 is 0 Å². The van der Waals surface area contributed by atoms with E-state index in [4.69, 9.17) is 0 Å². The largest absolute Gasteiger partial charge is 0.377 e. The summed E-state index contributed by atoms with van der Waals surface area (Å²) in [6, 6.07) is 23.7. The third-order valence-electron chi connectivity index (χ3n) is 5.95. The van der Waals surface area contributed by atoms with Crippen LogP contribution in [0.5, 0.6) is 0 Å². The topological polar surface area (TPSA) is 55.2 Å². The number of anilines is 1. The van der Waals surface area contributed by atoms with Crippen LogP contribution in [0.2, 0.25) is 0 Å². The van der Waals surface area contributed by atoms with Gasteiger partial charge in [0.05, 0.1) is 16.5 Å². The standard InChI is InChI=1S/C24H20N2O2/c27-26(28)22-15-5-4-10-21(22)24-20-14-7-12-18(20)19-13-6-11-17(23(19)25-24)16-8-2-1-3-9-16/h1-13,15,18,20,24-25H,14H2/t18-,20+,24+/m0/s1. The van der Waals surface area contributed by atoms with Crippen molar-refractivity contribution in [2.75, 3.05) is 5.32 Å². The van der Waals surface area contributed by atoms with Gasteiger partial charge in [-0.15, -0.1) is 0 Å². The summed E-state index contributed by atoms with van der Waals surface area (Å²) in [5.74, 6) is 0.546. The molecule has 0 saturated heterocycles. The lowest BCUT2D eigenvalue weighted by atomic mass is 9.75. The van der Waals surface area contributed by atoms with Crippen LogP contribution < -0.4 is 5.32 Å². The number of rotatable bonds is 3. The van der Waals surface area contributed by atoms with Gasteiger partial charge in [-0.25, -0.2) is 0 Å². The summed E-state index contributed by atoms with van der Waals surface area (Å²) in [4.78, 5) is 11.4. The second kappa shape index (κ2) is 6.64. The van der Waals surface area contributed by atoms with Crippen molar-refractivity contribution in [2.45, 2.75) is 18.4 Å². The van der Waals surface area contributed by atoms with Crippen molar-refractivity contribution in [2.24, 2.45) is 5.92 Å². The van der Waals surface area contributed by atoms with E-state index >= 15 is 0 Å². The molecule has 0 radical (unpaired) electrons. The molecular formula is C24H20N2O2. The van der Waals surface area contributed by atoms with Gasteiger partial charge in [0.1, 0.15) is 0 Å². The minimum absolute atomic E-state index is 0.0982. The summed E-state index contributed by atoms with van der Waals surface area (Å²) in [5, 5.41) is 15.4. The molecule has 5 rings (SSSR count). The highest BCUT2D eigenvalue weighted by Crippen LogP contribution is 2.53. The highest BCUT2D eigenvalue weighted by molar-refractivity contribution is 5.82. The Morgan fingerprint density at radius 1 is 0.893 bits per heavy atom. The first kappa shape index (κ1) is 16.8. The number of benzene rings is 3. The van der Waals surface area contributed by atoms with Crippen LogP contribution in [0.3, 0.4) is 0 Å². The lowest BCUT2D eigenvalue weighted by Crippen LogP contribution is -2.30. The average molecular weight is 368 g/mol. The third-order valence-corrected chi connectivity index (χ3v) is 5.95. The molecule has 0 aromatic heterocycles. The van der Waals surface area contributed by atoms with Crippen molar-refractivity contribution in [1.82, 2.24) is 0 Å². The third kappa shape index (κ3) is 2.61. The van der Waals surface area contributed by atoms with Crippen LogP contribution in [-0.2, 0) is 0 Å². The van der Waals surface area contributed by atoms with Crippen LogP contribution in [0.15, 0.2) is 84.9 Å². The molecule has 1 N–H and O–H groups in total. The SMILES string of the molecule is O=[N+]([O-])c1ccccc1[C@@H]1Nc2c(-c3ccccc3)cccc2[C@@H]2C=CC[C@H]21. The van der Waals surface area contributed by atoms with Crippen molar-refractivity contribution in [3.8, 4) is 11.1 Å². The zero-order valence-electron chi connectivity index (χ0n) is 15.3. The maximum atomic E-state index is 11.7. The lowest BCUT2D eigenvalue weighted by Gasteiger charge is -2.38. The molecule has 2 aliphatic rings. The molecule has 0 amide bonds. The predicted octanol–water partition coefficient (Wildman–Crippen LogP) is 6.09. The molecule has 3 atom stereocenters. The minimum Gasteiger partial charge on any atom is -0.377 e. The summed E-state index contributed by atoms with van der Waals surface area (Å²) in [6.07, 6.45) is 5.40. The molecule has 0 spiro atoms. The molecule has 3 aromatic rings. The molecular weight excluding hydrogens is 348 g/mol. The van der Waals surface area contributed by atoms with Gasteiger partial charge in [0.2, 0.25) is 0 Å². The molecule has 1 aliphatic heterocycles. The number of allylic oxidation sites excluding steroid dienone is 2. The van der Waals surface area contributed by atoms with Crippen molar-refractivity contribution in [3.63, 3.8) is 0 Å². The fourth-order valence-corrected chi connectivity index (χ4v) is 4.70. The van der Waals surface area contributed by atoms with Gasteiger partial charge in [0.25, 0.3) is 5.69 Å². The first-order valence-electron chi connectivity index (χ1n) is 9.59. The zero-order valence-corrected chi connectivity index (χ0v) is 15.3. The maximum Gasteiger partial charge on any atom is 0.274 e. The Morgan fingerprint density at radius 3 is 2.46 bits per heavy atom. The zero-order chi connectivity index (χ0) is 19.1. The Hall–Kier alpha value is -3.40. The number of nitrogens with zero attached hydrogens (tertiary/aromatic N) is 1. The molecule has 4 heteroatoms.